The van der Waals surface area contributed by atoms with Crippen LogP contribution in [0.2, 0.25) is 0 Å². The van der Waals surface area contributed by atoms with Gasteiger partial charge in [0.2, 0.25) is 5.91 Å². The summed E-state index contributed by atoms with van der Waals surface area (Å²) in [5.74, 6) is -0.412. The standard InChI is InChI=1S/C34H45FN2O2/c1-2-3-4-5-6-7-8-9-10-11-12-18-26-39-34-29(21-19-22-31(34)35)27-33(38)36-32-23-15-14-20-30(32)28-37-24-16-13-17-25-37/h13-17,19-25H,2-12,18,26-28H2,1H3/p+1. The summed E-state index contributed by atoms with van der Waals surface area (Å²) in [6.07, 6.45) is 19.2. The van der Waals surface area contributed by atoms with Gasteiger partial charge in [-0.3, -0.25) is 4.79 Å². The first kappa shape index (κ1) is 30.3. The number of carbonyl (C=O) groups excluding carboxylic acids is 1. The van der Waals surface area contributed by atoms with Crippen LogP contribution in [0.4, 0.5) is 10.1 Å². The van der Waals surface area contributed by atoms with Gasteiger partial charge in [0.1, 0.15) is 0 Å². The Morgan fingerprint density at radius 3 is 2.05 bits per heavy atom. The molecule has 5 heteroatoms. The van der Waals surface area contributed by atoms with E-state index in [0.29, 0.717) is 18.7 Å². The van der Waals surface area contributed by atoms with E-state index in [1.54, 1.807) is 12.1 Å². The molecule has 0 saturated heterocycles. The molecule has 0 unspecified atom stereocenters. The Hall–Kier alpha value is -3.21. The molecule has 1 N–H and O–H groups in total. The van der Waals surface area contributed by atoms with Crippen molar-refractivity contribution in [2.45, 2.75) is 96.9 Å². The lowest BCUT2D eigenvalue weighted by atomic mass is 10.1. The zero-order valence-corrected chi connectivity index (χ0v) is 23.7. The van der Waals surface area contributed by atoms with E-state index in [1.165, 1.54) is 70.3 Å². The van der Waals surface area contributed by atoms with Gasteiger partial charge >= 0.3 is 0 Å². The summed E-state index contributed by atoms with van der Waals surface area (Å²) >= 11 is 0. The van der Waals surface area contributed by atoms with Gasteiger partial charge in [-0.05, 0) is 18.6 Å². The molecule has 0 aliphatic heterocycles. The van der Waals surface area contributed by atoms with Crippen LogP contribution in [0, 0.1) is 5.82 Å². The van der Waals surface area contributed by atoms with Crippen molar-refractivity contribution in [1.82, 2.24) is 0 Å². The van der Waals surface area contributed by atoms with Gasteiger partial charge in [0, 0.05) is 23.3 Å². The minimum Gasteiger partial charge on any atom is -0.490 e. The van der Waals surface area contributed by atoms with Gasteiger partial charge in [-0.15, -0.1) is 0 Å². The quantitative estimate of drug-likeness (QED) is 0.124. The third kappa shape index (κ3) is 11.6. The van der Waals surface area contributed by atoms with E-state index in [4.69, 9.17) is 4.74 Å². The zero-order chi connectivity index (χ0) is 27.5. The van der Waals surface area contributed by atoms with E-state index in [1.807, 2.05) is 54.9 Å². The maximum atomic E-state index is 14.6. The van der Waals surface area contributed by atoms with E-state index in [9.17, 15) is 9.18 Å². The van der Waals surface area contributed by atoms with Crippen LogP contribution in [0.5, 0.6) is 5.75 Å². The Morgan fingerprint density at radius 2 is 1.36 bits per heavy atom. The number of hydrogen-bond acceptors (Lipinski definition) is 2. The maximum Gasteiger partial charge on any atom is 0.228 e. The molecule has 3 aromatic rings. The predicted octanol–water partition coefficient (Wildman–Crippen LogP) is 8.42. The van der Waals surface area contributed by atoms with Crippen LogP contribution in [-0.2, 0) is 17.8 Å². The first-order chi connectivity index (χ1) is 19.2. The number of anilines is 1. The number of para-hydroxylation sites is 2. The van der Waals surface area contributed by atoms with Gasteiger partial charge in [0.25, 0.3) is 0 Å². The molecule has 0 aliphatic rings. The van der Waals surface area contributed by atoms with Crippen molar-refractivity contribution in [2.24, 2.45) is 0 Å². The largest absolute Gasteiger partial charge is 0.490 e. The van der Waals surface area contributed by atoms with Crippen molar-refractivity contribution in [3.8, 4) is 5.75 Å². The molecule has 3 rings (SSSR count). The number of benzene rings is 2. The number of rotatable bonds is 19. The highest BCUT2D eigenvalue weighted by atomic mass is 19.1. The average molecular weight is 534 g/mol. The molecule has 0 spiro atoms. The van der Waals surface area contributed by atoms with Crippen molar-refractivity contribution in [3.63, 3.8) is 0 Å². The Bertz CT molecular complexity index is 1100. The van der Waals surface area contributed by atoms with Crippen molar-refractivity contribution >= 4 is 11.6 Å². The highest BCUT2D eigenvalue weighted by Gasteiger charge is 2.15. The average Bonchev–Trinajstić information content (AvgIpc) is 2.94. The van der Waals surface area contributed by atoms with Gasteiger partial charge in [-0.25, -0.2) is 8.96 Å². The van der Waals surface area contributed by atoms with Crippen LogP contribution in [-0.4, -0.2) is 12.5 Å². The van der Waals surface area contributed by atoms with Crippen molar-refractivity contribution in [3.05, 3.63) is 90.0 Å². The second-order valence-corrected chi connectivity index (χ2v) is 10.4. The normalized spacial score (nSPS) is 10.9. The van der Waals surface area contributed by atoms with Crippen LogP contribution in [0.25, 0.3) is 0 Å². The van der Waals surface area contributed by atoms with Crippen LogP contribution in [0.3, 0.4) is 0 Å². The number of aromatic nitrogens is 1. The SMILES string of the molecule is CCCCCCCCCCCCCCOc1c(F)cccc1CC(=O)Nc1ccccc1C[n+]1ccccc1. The number of amides is 1. The summed E-state index contributed by atoms with van der Waals surface area (Å²) < 4.78 is 22.5. The predicted molar refractivity (Wildman–Crippen MR) is 157 cm³/mol. The molecular weight excluding hydrogens is 487 g/mol. The first-order valence-electron chi connectivity index (χ1n) is 14.9. The molecule has 0 saturated carbocycles. The molecule has 39 heavy (non-hydrogen) atoms. The lowest BCUT2D eigenvalue weighted by Gasteiger charge is -2.13. The number of ether oxygens (including phenoxy) is 1. The van der Waals surface area contributed by atoms with E-state index in [0.717, 1.165) is 24.1 Å². The molecule has 1 aromatic heterocycles. The Morgan fingerprint density at radius 1 is 0.744 bits per heavy atom. The summed E-state index contributed by atoms with van der Waals surface area (Å²) in [6.45, 7) is 3.36. The molecule has 2 aromatic carbocycles. The van der Waals surface area contributed by atoms with Crippen LogP contribution in [0.1, 0.15) is 95.1 Å². The molecule has 0 aliphatic carbocycles. The number of unbranched alkanes of at least 4 members (excludes halogenated alkanes) is 11. The fourth-order valence-electron chi connectivity index (χ4n) is 4.86. The van der Waals surface area contributed by atoms with Gasteiger partial charge in [-0.2, -0.15) is 0 Å². The second-order valence-electron chi connectivity index (χ2n) is 10.4. The number of carbonyl (C=O) groups is 1. The summed E-state index contributed by atoms with van der Waals surface area (Å²) in [5, 5.41) is 3.01. The van der Waals surface area contributed by atoms with E-state index in [-0.39, 0.29) is 18.1 Å². The van der Waals surface area contributed by atoms with E-state index in [2.05, 4.69) is 16.8 Å². The monoisotopic (exact) mass is 533 g/mol. The molecule has 4 nitrogen and oxygen atoms in total. The summed E-state index contributed by atoms with van der Waals surface area (Å²) in [6, 6.07) is 18.5. The maximum absolute atomic E-state index is 14.6. The number of nitrogens with one attached hydrogen (secondary N) is 1. The minimum atomic E-state index is -0.417. The molecule has 1 heterocycles. The minimum absolute atomic E-state index is 0.0539. The van der Waals surface area contributed by atoms with Crippen molar-refractivity contribution in [1.29, 1.82) is 0 Å². The van der Waals surface area contributed by atoms with Gasteiger partial charge in [0.15, 0.2) is 30.5 Å². The molecule has 1 amide bonds. The fraction of sp³-hybridized carbons (Fsp3) is 0.471. The second kappa shape index (κ2) is 18.1. The smallest absolute Gasteiger partial charge is 0.228 e. The third-order valence-corrected chi connectivity index (χ3v) is 7.07. The lowest BCUT2D eigenvalue weighted by Crippen LogP contribution is -2.33. The number of halogens is 1. The molecule has 0 atom stereocenters. The fourth-order valence-corrected chi connectivity index (χ4v) is 4.86. The Labute approximate surface area is 234 Å². The third-order valence-electron chi connectivity index (χ3n) is 7.07. The molecule has 0 fully saturated rings. The van der Waals surface area contributed by atoms with Crippen LogP contribution in [0.15, 0.2) is 73.1 Å². The van der Waals surface area contributed by atoms with E-state index >= 15 is 0 Å². The number of hydrogen-bond donors (Lipinski definition) is 1. The summed E-state index contributed by atoms with van der Waals surface area (Å²) in [5.41, 5.74) is 2.33. The summed E-state index contributed by atoms with van der Waals surface area (Å²) in [4.78, 5) is 12.9. The van der Waals surface area contributed by atoms with Gasteiger partial charge in [-0.1, -0.05) is 114 Å². The highest BCUT2D eigenvalue weighted by Crippen LogP contribution is 2.25. The van der Waals surface area contributed by atoms with Crippen molar-refractivity contribution < 1.29 is 18.5 Å². The van der Waals surface area contributed by atoms with Crippen molar-refractivity contribution in [2.75, 3.05) is 11.9 Å². The topological polar surface area (TPSA) is 42.2 Å². The zero-order valence-electron chi connectivity index (χ0n) is 23.7. The number of pyridine rings is 1. The lowest BCUT2D eigenvalue weighted by molar-refractivity contribution is -0.688. The first-order valence-corrected chi connectivity index (χ1v) is 14.9. The van der Waals surface area contributed by atoms with E-state index < -0.39 is 5.82 Å². The van der Waals surface area contributed by atoms with Crippen LogP contribution >= 0.6 is 0 Å². The van der Waals surface area contributed by atoms with Gasteiger partial charge < -0.3 is 10.1 Å². The van der Waals surface area contributed by atoms with Crippen LogP contribution < -0.4 is 14.6 Å². The Kier molecular flexibility index (Phi) is 14.1. The molecule has 210 valence electrons. The highest BCUT2D eigenvalue weighted by molar-refractivity contribution is 5.93. The summed E-state index contributed by atoms with van der Waals surface area (Å²) in [7, 11) is 0. The molecule has 0 radical (unpaired) electrons. The molecule has 0 bridgehead atoms. The van der Waals surface area contributed by atoms with Gasteiger partial charge in [0.05, 0.1) is 18.7 Å². The molecular formula is C34H46FN2O2+. The Balaban J connectivity index is 1.40. The number of nitrogens with zero attached hydrogens (tertiary/aromatic N) is 1.